The molecule has 0 aliphatic carbocycles. The number of rotatable bonds is 5. The number of primary amides is 1. The van der Waals surface area contributed by atoms with Crippen LogP contribution < -0.4 is 11.3 Å². The Morgan fingerprint density at radius 1 is 0.848 bits per heavy atom. The predicted octanol–water partition coefficient (Wildman–Crippen LogP) is 4.05. The minimum atomic E-state index is -0.664. The summed E-state index contributed by atoms with van der Waals surface area (Å²) in [6.07, 6.45) is 0. The van der Waals surface area contributed by atoms with E-state index in [1.807, 2.05) is 72.8 Å². The topological polar surface area (TPSA) is 95.8 Å². The number of halogens is 1. The Morgan fingerprint density at radius 2 is 1.45 bits per heavy atom. The van der Waals surface area contributed by atoms with Crippen molar-refractivity contribution in [3.05, 3.63) is 100 Å². The molecule has 0 bridgehead atoms. The minimum Gasteiger partial charge on any atom is -0.368 e. The van der Waals surface area contributed by atoms with Gasteiger partial charge < -0.3 is 5.73 Å². The maximum atomic E-state index is 13.3. The van der Waals surface area contributed by atoms with Crippen LogP contribution in [0.2, 0.25) is 5.02 Å². The van der Waals surface area contributed by atoms with E-state index >= 15 is 0 Å². The first-order valence-corrected chi connectivity index (χ1v) is 10.6. The number of carbonyl (C=O) groups is 1. The van der Waals surface area contributed by atoms with Gasteiger partial charge in [-0.25, -0.2) is 9.36 Å². The lowest BCUT2D eigenvalue weighted by atomic mass is 10.0. The molecule has 8 heteroatoms. The van der Waals surface area contributed by atoms with E-state index in [1.165, 1.54) is 0 Å². The molecule has 162 valence electrons. The van der Waals surface area contributed by atoms with Crippen LogP contribution in [0.25, 0.3) is 39.1 Å². The number of aromatic nitrogens is 4. The summed E-state index contributed by atoms with van der Waals surface area (Å²) < 4.78 is 2.78. The first kappa shape index (κ1) is 20.7. The Kier molecular flexibility index (Phi) is 5.24. The van der Waals surface area contributed by atoms with Crippen molar-refractivity contribution in [3.63, 3.8) is 0 Å². The summed E-state index contributed by atoms with van der Waals surface area (Å²) in [5, 5.41) is 10.4. The predicted molar refractivity (Wildman–Crippen MR) is 128 cm³/mol. The van der Waals surface area contributed by atoms with Gasteiger partial charge in [0.25, 0.3) is 5.56 Å². The van der Waals surface area contributed by atoms with Gasteiger partial charge in [0.15, 0.2) is 5.52 Å². The molecule has 0 fully saturated rings. The zero-order valence-electron chi connectivity index (χ0n) is 17.4. The maximum absolute atomic E-state index is 13.3. The quantitative estimate of drug-likeness (QED) is 0.432. The number of amides is 1. The van der Waals surface area contributed by atoms with Crippen LogP contribution in [0.5, 0.6) is 0 Å². The second-order valence-electron chi connectivity index (χ2n) is 7.47. The second kappa shape index (κ2) is 8.37. The number of carbonyl (C=O) groups excluding carboxylic acids is 1. The van der Waals surface area contributed by atoms with Crippen LogP contribution >= 0.6 is 11.6 Å². The molecular weight excluding hydrogens is 438 g/mol. The van der Waals surface area contributed by atoms with Crippen LogP contribution in [0.15, 0.2) is 89.7 Å². The molecule has 0 aliphatic heterocycles. The first-order valence-electron chi connectivity index (χ1n) is 10.2. The van der Waals surface area contributed by atoms with E-state index in [0.29, 0.717) is 21.8 Å². The lowest BCUT2D eigenvalue weighted by Crippen LogP contribution is -2.30. The lowest BCUT2D eigenvalue weighted by Gasteiger charge is -2.11. The molecule has 7 nitrogen and oxygen atoms in total. The van der Waals surface area contributed by atoms with Crippen LogP contribution in [-0.4, -0.2) is 25.5 Å². The van der Waals surface area contributed by atoms with Crippen molar-refractivity contribution in [2.24, 2.45) is 5.73 Å². The molecule has 0 saturated heterocycles. The monoisotopic (exact) mass is 455 g/mol. The summed E-state index contributed by atoms with van der Waals surface area (Å²) in [5.74, 6) is -0.664. The van der Waals surface area contributed by atoms with Crippen LogP contribution in [0, 0.1) is 0 Å². The fraction of sp³-hybridized carbons (Fsp3) is 0.0400. The largest absolute Gasteiger partial charge is 0.368 e. The molecule has 3 aromatic carbocycles. The molecule has 0 aliphatic rings. The van der Waals surface area contributed by atoms with Gasteiger partial charge in [0, 0.05) is 16.1 Å². The van der Waals surface area contributed by atoms with Gasteiger partial charge in [-0.15, -0.1) is 0 Å². The van der Waals surface area contributed by atoms with Gasteiger partial charge >= 0.3 is 0 Å². The summed E-state index contributed by atoms with van der Waals surface area (Å²) in [5.41, 5.74) is 8.70. The Morgan fingerprint density at radius 3 is 2.06 bits per heavy atom. The highest BCUT2D eigenvalue weighted by Crippen LogP contribution is 2.35. The molecule has 2 aromatic heterocycles. The van der Waals surface area contributed by atoms with Crippen LogP contribution in [0.3, 0.4) is 0 Å². The average molecular weight is 456 g/mol. The first-order chi connectivity index (χ1) is 16.0. The number of fused-ring (bicyclic) bond motifs is 1. The third-order valence-electron chi connectivity index (χ3n) is 5.25. The summed E-state index contributed by atoms with van der Waals surface area (Å²) in [7, 11) is 0. The SMILES string of the molecule is NC(=O)Cn1nc(-c2ccccc2)c2c(-c3ccccc3)n(-c3ccc(Cl)cc3)nc2c1=O. The molecule has 0 saturated carbocycles. The third-order valence-corrected chi connectivity index (χ3v) is 5.50. The van der Waals surface area contributed by atoms with Gasteiger partial charge in [-0.2, -0.15) is 10.2 Å². The summed E-state index contributed by atoms with van der Waals surface area (Å²) in [6.45, 7) is -0.344. The maximum Gasteiger partial charge on any atom is 0.295 e. The molecule has 0 atom stereocenters. The van der Waals surface area contributed by atoms with Gasteiger partial charge in [-0.05, 0) is 24.3 Å². The molecule has 33 heavy (non-hydrogen) atoms. The van der Waals surface area contributed by atoms with Crippen LogP contribution in [0.1, 0.15) is 0 Å². The molecule has 5 rings (SSSR count). The molecule has 0 unspecified atom stereocenters. The van der Waals surface area contributed by atoms with Gasteiger partial charge in [0.2, 0.25) is 5.91 Å². The van der Waals surface area contributed by atoms with E-state index in [4.69, 9.17) is 22.4 Å². The molecule has 0 radical (unpaired) electrons. The van der Waals surface area contributed by atoms with Crippen molar-refractivity contribution in [2.75, 3.05) is 0 Å². The molecule has 0 spiro atoms. The molecule has 5 aromatic rings. The number of nitrogens with two attached hydrogens (primary N) is 1. The minimum absolute atomic E-state index is 0.193. The summed E-state index contributed by atoms with van der Waals surface area (Å²) in [6, 6.07) is 26.3. The fourth-order valence-corrected chi connectivity index (χ4v) is 3.94. The lowest BCUT2D eigenvalue weighted by molar-refractivity contribution is -0.118. The zero-order chi connectivity index (χ0) is 22.9. The average Bonchev–Trinajstić information content (AvgIpc) is 3.23. The number of hydrogen-bond donors (Lipinski definition) is 1. The summed E-state index contributed by atoms with van der Waals surface area (Å²) >= 11 is 6.10. The van der Waals surface area contributed by atoms with Crippen molar-refractivity contribution in [1.29, 1.82) is 0 Å². The third kappa shape index (κ3) is 3.79. The number of benzene rings is 3. The zero-order valence-corrected chi connectivity index (χ0v) is 18.1. The Hall–Kier alpha value is -4.23. The van der Waals surface area contributed by atoms with Gasteiger partial charge in [0.1, 0.15) is 12.2 Å². The van der Waals surface area contributed by atoms with Crippen molar-refractivity contribution in [3.8, 4) is 28.2 Å². The normalized spacial score (nSPS) is 11.1. The van der Waals surface area contributed by atoms with E-state index in [9.17, 15) is 9.59 Å². The number of nitrogens with zero attached hydrogens (tertiary/aromatic N) is 4. The van der Waals surface area contributed by atoms with Gasteiger partial charge in [-0.3, -0.25) is 9.59 Å². The highest BCUT2D eigenvalue weighted by Gasteiger charge is 2.24. The highest BCUT2D eigenvalue weighted by atomic mass is 35.5. The van der Waals surface area contributed by atoms with E-state index in [2.05, 4.69) is 5.10 Å². The van der Waals surface area contributed by atoms with E-state index in [1.54, 1.807) is 16.8 Å². The highest BCUT2D eigenvalue weighted by molar-refractivity contribution is 6.30. The van der Waals surface area contributed by atoms with Crippen molar-refractivity contribution >= 4 is 28.4 Å². The Labute approximate surface area is 193 Å². The van der Waals surface area contributed by atoms with E-state index in [-0.39, 0.29) is 12.1 Å². The van der Waals surface area contributed by atoms with E-state index < -0.39 is 11.5 Å². The molecule has 1 amide bonds. The van der Waals surface area contributed by atoms with Crippen LogP contribution in [0.4, 0.5) is 0 Å². The molecule has 2 heterocycles. The van der Waals surface area contributed by atoms with E-state index in [0.717, 1.165) is 21.5 Å². The summed E-state index contributed by atoms with van der Waals surface area (Å²) in [4.78, 5) is 25.0. The number of hydrogen-bond acceptors (Lipinski definition) is 4. The molecular formula is C25H18ClN5O2. The van der Waals surface area contributed by atoms with Gasteiger partial charge in [-0.1, -0.05) is 72.3 Å². The molecule has 2 N–H and O–H groups in total. The van der Waals surface area contributed by atoms with Crippen LogP contribution in [-0.2, 0) is 11.3 Å². The Balaban J connectivity index is 1.94. The Bertz CT molecular complexity index is 1530. The van der Waals surface area contributed by atoms with Crippen molar-refractivity contribution < 1.29 is 4.79 Å². The standard InChI is InChI=1S/C25H18ClN5O2/c26-18-11-13-19(14-12-18)31-24(17-9-5-2-6-10-17)21-22(16-7-3-1-4-8-16)28-30(15-20(27)32)25(33)23(21)29-31/h1-14H,15H2,(H2,27,32). The fourth-order valence-electron chi connectivity index (χ4n) is 3.82. The smallest absolute Gasteiger partial charge is 0.295 e. The van der Waals surface area contributed by atoms with Crippen molar-refractivity contribution in [1.82, 2.24) is 19.6 Å². The van der Waals surface area contributed by atoms with Gasteiger partial charge in [0.05, 0.1) is 16.8 Å². The van der Waals surface area contributed by atoms with Crippen molar-refractivity contribution in [2.45, 2.75) is 6.54 Å². The second-order valence-corrected chi connectivity index (χ2v) is 7.91.